The molecule has 4 aromatic carbocycles. The van der Waals surface area contributed by atoms with Gasteiger partial charge in [0.25, 0.3) is 0 Å². The molecular formula is C33H28FNO8. The Labute approximate surface area is 247 Å². The molecule has 9 nitrogen and oxygen atoms in total. The standard InChI is InChI=1S/C33H28FNO8/c34-27-15-13-26(14-16-27)30(36)22-40-31(37)29(35-32(38)41-20-24-7-3-1-4-8-24)19-23-11-17-28(18-12-23)43-33(39)42-21-25-9-5-2-6-10-25/h1-18,29H,19-22H2,(H,35,38)/t29-/m0/s1. The van der Waals surface area contributed by atoms with Crippen LogP contribution in [0.5, 0.6) is 5.75 Å². The Morgan fingerprint density at radius 3 is 1.84 bits per heavy atom. The van der Waals surface area contributed by atoms with Crippen molar-refractivity contribution in [3.63, 3.8) is 0 Å². The van der Waals surface area contributed by atoms with Crippen molar-refractivity contribution in [2.45, 2.75) is 25.7 Å². The number of carbonyl (C=O) groups excluding carboxylic acids is 4. The van der Waals surface area contributed by atoms with Gasteiger partial charge in [0.2, 0.25) is 0 Å². The third-order valence-electron chi connectivity index (χ3n) is 6.06. The van der Waals surface area contributed by atoms with Crippen LogP contribution in [0.15, 0.2) is 109 Å². The summed E-state index contributed by atoms with van der Waals surface area (Å²) in [7, 11) is 0. The number of amides is 1. The number of halogens is 1. The normalized spacial score (nSPS) is 11.1. The Kier molecular flexibility index (Phi) is 11.0. The summed E-state index contributed by atoms with van der Waals surface area (Å²) < 4.78 is 33.9. The van der Waals surface area contributed by atoms with E-state index in [1.807, 2.05) is 36.4 Å². The maximum atomic E-state index is 13.2. The number of carbonyl (C=O) groups is 4. The van der Waals surface area contributed by atoms with Crippen LogP contribution in [0.25, 0.3) is 0 Å². The molecule has 0 fully saturated rings. The van der Waals surface area contributed by atoms with Crippen LogP contribution in [0, 0.1) is 5.82 Å². The molecule has 0 spiro atoms. The van der Waals surface area contributed by atoms with Crippen molar-refractivity contribution in [1.82, 2.24) is 5.32 Å². The molecule has 0 radical (unpaired) electrons. The molecule has 0 bridgehead atoms. The van der Waals surface area contributed by atoms with Gasteiger partial charge >= 0.3 is 18.2 Å². The van der Waals surface area contributed by atoms with E-state index in [0.717, 1.165) is 23.3 Å². The highest BCUT2D eigenvalue weighted by molar-refractivity contribution is 5.98. The van der Waals surface area contributed by atoms with Crippen molar-refractivity contribution in [1.29, 1.82) is 0 Å². The zero-order valence-corrected chi connectivity index (χ0v) is 22.9. The summed E-state index contributed by atoms with van der Waals surface area (Å²) in [6.07, 6.45) is -1.77. The minimum absolute atomic E-state index is 0.0239. The average molecular weight is 586 g/mol. The molecule has 43 heavy (non-hydrogen) atoms. The molecule has 0 aromatic heterocycles. The van der Waals surface area contributed by atoms with Crippen LogP contribution < -0.4 is 10.1 Å². The molecule has 0 heterocycles. The molecule has 220 valence electrons. The maximum absolute atomic E-state index is 13.2. The van der Waals surface area contributed by atoms with Crippen molar-refractivity contribution in [2.75, 3.05) is 6.61 Å². The zero-order chi connectivity index (χ0) is 30.4. The second-order valence-corrected chi connectivity index (χ2v) is 9.27. The Morgan fingerprint density at radius 1 is 0.651 bits per heavy atom. The first kappa shape index (κ1) is 30.4. The molecule has 1 N–H and O–H groups in total. The molecule has 10 heteroatoms. The van der Waals surface area contributed by atoms with Crippen LogP contribution in [0.1, 0.15) is 27.0 Å². The van der Waals surface area contributed by atoms with E-state index in [9.17, 15) is 23.6 Å². The van der Waals surface area contributed by atoms with Crippen LogP contribution in [0.4, 0.5) is 14.0 Å². The number of ketones is 1. The van der Waals surface area contributed by atoms with Crippen molar-refractivity contribution in [3.05, 3.63) is 137 Å². The average Bonchev–Trinajstić information content (AvgIpc) is 3.03. The van der Waals surface area contributed by atoms with Gasteiger partial charge in [0.05, 0.1) is 0 Å². The molecule has 4 aromatic rings. The molecular weight excluding hydrogens is 557 g/mol. The van der Waals surface area contributed by atoms with E-state index in [4.69, 9.17) is 18.9 Å². The molecule has 1 amide bonds. The summed E-state index contributed by atoms with van der Waals surface area (Å²) in [6.45, 7) is -0.583. The SMILES string of the molecule is O=C(N[C@@H](Cc1ccc(OC(=O)OCc2ccccc2)cc1)C(=O)OCC(=O)c1ccc(F)cc1)OCc1ccccc1. The zero-order valence-electron chi connectivity index (χ0n) is 22.9. The molecule has 0 saturated carbocycles. The monoisotopic (exact) mass is 585 g/mol. The smallest absolute Gasteiger partial charge is 0.456 e. The Morgan fingerprint density at radius 2 is 1.23 bits per heavy atom. The lowest BCUT2D eigenvalue weighted by molar-refractivity contribution is -0.144. The number of hydrogen-bond acceptors (Lipinski definition) is 8. The number of alkyl carbamates (subject to hydrolysis) is 1. The maximum Gasteiger partial charge on any atom is 0.514 e. The first-order valence-electron chi connectivity index (χ1n) is 13.3. The third-order valence-corrected chi connectivity index (χ3v) is 6.06. The fourth-order valence-electron chi connectivity index (χ4n) is 3.83. The summed E-state index contributed by atoms with van der Waals surface area (Å²) in [5.41, 5.74) is 2.31. The number of benzene rings is 4. The highest BCUT2D eigenvalue weighted by Gasteiger charge is 2.25. The van der Waals surface area contributed by atoms with Gasteiger partial charge in [-0.1, -0.05) is 72.8 Å². The van der Waals surface area contributed by atoms with Crippen LogP contribution in [-0.2, 0) is 38.6 Å². The molecule has 0 aliphatic heterocycles. The first-order chi connectivity index (χ1) is 20.9. The molecule has 4 rings (SSSR count). The van der Waals surface area contributed by atoms with Crippen molar-refractivity contribution < 1.29 is 42.5 Å². The fraction of sp³-hybridized carbons (Fsp3) is 0.152. The number of Topliss-reactive ketones (excluding diaryl/α,β-unsaturated/α-hetero) is 1. The van der Waals surface area contributed by atoms with E-state index < -0.39 is 42.5 Å². The Bertz CT molecular complexity index is 1510. The Balaban J connectivity index is 1.35. The van der Waals surface area contributed by atoms with Crippen LogP contribution in [0.3, 0.4) is 0 Å². The molecule has 1 atom stereocenters. The van der Waals surface area contributed by atoms with Gasteiger partial charge in [-0.25, -0.2) is 18.8 Å². The topological polar surface area (TPSA) is 117 Å². The number of rotatable bonds is 12. The van der Waals surface area contributed by atoms with Gasteiger partial charge in [-0.3, -0.25) is 4.79 Å². The predicted octanol–water partition coefficient (Wildman–Crippen LogP) is 5.80. The first-order valence-corrected chi connectivity index (χ1v) is 13.3. The summed E-state index contributed by atoms with van der Waals surface area (Å²) in [5, 5.41) is 2.48. The number of esters is 1. The van der Waals surface area contributed by atoms with Gasteiger partial charge in [-0.15, -0.1) is 0 Å². The summed E-state index contributed by atoms with van der Waals surface area (Å²) in [5.74, 6) is -1.72. The van der Waals surface area contributed by atoms with E-state index in [0.29, 0.717) is 5.56 Å². The summed E-state index contributed by atoms with van der Waals surface area (Å²) in [6, 6.07) is 27.9. The lowest BCUT2D eigenvalue weighted by atomic mass is 10.1. The third kappa shape index (κ3) is 10.1. The predicted molar refractivity (Wildman–Crippen MR) is 153 cm³/mol. The lowest BCUT2D eigenvalue weighted by Gasteiger charge is -2.18. The lowest BCUT2D eigenvalue weighted by Crippen LogP contribution is -2.44. The number of hydrogen-bond donors (Lipinski definition) is 1. The van der Waals surface area contributed by atoms with Crippen molar-refractivity contribution in [2.24, 2.45) is 0 Å². The fourth-order valence-corrected chi connectivity index (χ4v) is 3.83. The minimum atomic E-state index is -1.22. The van der Waals surface area contributed by atoms with E-state index in [2.05, 4.69) is 5.32 Å². The van der Waals surface area contributed by atoms with Gasteiger partial charge in [0.15, 0.2) is 12.4 Å². The van der Waals surface area contributed by atoms with Gasteiger partial charge < -0.3 is 24.3 Å². The van der Waals surface area contributed by atoms with Gasteiger partial charge in [0.1, 0.15) is 30.8 Å². The minimum Gasteiger partial charge on any atom is -0.456 e. The van der Waals surface area contributed by atoms with E-state index in [1.54, 1.807) is 36.4 Å². The van der Waals surface area contributed by atoms with Crippen molar-refractivity contribution >= 4 is 24.0 Å². The van der Waals surface area contributed by atoms with Crippen molar-refractivity contribution in [3.8, 4) is 5.75 Å². The van der Waals surface area contributed by atoms with Gasteiger partial charge in [0, 0.05) is 12.0 Å². The molecule has 0 unspecified atom stereocenters. The number of ether oxygens (including phenoxy) is 4. The second kappa shape index (κ2) is 15.5. The molecule has 0 aliphatic carbocycles. The van der Waals surface area contributed by atoms with Gasteiger partial charge in [-0.05, 0) is 53.1 Å². The molecule has 0 aliphatic rings. The van der Waals surface area contributed by atoms with E-state index in [-0.39, 0.29) is 30.9 Å². The van der Waals surface area contributed by atoms with Gasteiger partial charge in [-0.2, -0.15) is 0 Å². The number of nitrogens with one attached hydrogen (secondary N) is 1. The quantitative estimate of drug-likeness (QED) is 0.0959. The largest absolute Gasteiger partial charge is 0.514 e. The van der Waals surface area contributed by atoms with E-state index >= 15 is 0 Å². The van der Waals surface area contributed by atoms with Crippen LogP contribution in [0.2, 0.25) is 0 Å². The summed E-state index contributed by atoms with van der Waals surface area (Å²) >= 11 is 0. The Hall–Kier alpha value is -5.51. The summed E-state index contributed by atoms with van der Waals surface area (Å²) in [4.78, 5) is 50.0. The molecule has 0 saturated heterocycles. The highest BCUT2D eigenvalue weighted by atomic mass is 19.1. The van der Waals surface area contributed by atoms with Crippen LogP contribution in [-0.4, -0.2) is 36.6 Å². The highest BCUT2D eigenvalue weighted by Crippen LogP contribution is 2.16. The second-order valence-electron chi connectivity index (χ2n) is 9.27. The van der Waals surface area contributed by atoms with E-state index in [1.165, 1.54) is 24.3 Å². The van der Waals surface area contributed by atoms with Crippen LogP contribution >= 0.6 is 0 Å².